The van der Waals surface area contributed by atoms with Gasteiger partial charge in [0.1, 0.15) is 5.75 Å². The zero-order valence-corrected chi connectivity index (χ0v) is 11.3. The van der Waals surface area contributed by atoms with Crippen LogP contribution in [-0.4, -0.2) is 24.0 Å². The van der Waals surface area contributed by atoms with E-state index in [1.165, 1.54) is 0 Å². The standard InChI is InChI=1S/C16H18N2O2/c19-16(11-12-5-8-17-9-6-12)20-15-7-10-18-14-4-2-1-3-13(14)15/h1-4,7,10,12,17H,5-6,8-9,11H2. The molecule has 1 N–H and O–H groups in total. The van der Waals surface area contributed by atoms with Crippen molar-refractivity contribution in [2.75, 3.05) is 13.1 Å². The zero-order chi connectivity index (χ0) is 13.8. The highest BCUT2D eigenvalue weighted by Crippen LogP contribution is 2.25. The number of hydrogen-bond acceptors (Lipinski definition) is 4. The number of piperidine rings is 1. The van der Waals surface area contributed by atoms with Crippen LogP contribution in [0.5, 0.6) is 5.75 Å². The van der Waals surface area contributed by atoms with E-state index in [2.05, 4.69) is 10.3 Å². The van der Waals surface area contributed by atoms with Gasteiger partial charge in [-0.2, -0.15) is 0 Å². The highest BCUT2D eigenvalue weighted by atomic mass is 16.5. The van der Waals surface area contributed by atoms with E-state index < -0.39 is 0 Å². The molecule has 4 nitrogen and oxygen atoms in total. The molecule has 1 aromatic carbocycles. The van der Waals surface area contributed by atoms with Crippen LogP contribution >= 0.6 is 0 Å². The molecule has 0 bridgehead atoms. The lowest BCUT2D eigenvalue weighted by molar-refractivity contribution is -0.135. The number of hydrogen-bond donors (Lipinski definition) is 1. The Morgan fingerprint density at radius 1 is 1.25 bits per heavy atom. The molecular weight excluding hydrogens is 252 g/mol. The van der Waals surface area contributed by atoms with Gasteiger partial charge in [0.15, 0.2) is 0 Å². The summed E-state index contributed by atoms with van der Waals surface area (Å²) < 4.78 is 5.53. The van der Waals surface area contributed by atoms with Gasteiger partial charge in [0.25, 0.3) is 0 Å². The van der Waals surface area contributed by atoms with Gasteiger partial charge >= 0.3 is 5.97 Å². The topological polar surface area (TPSA) is 51.2 Å². The number of rotatable bonds is 3. The lowest BCUT2D eigenvalue weighted by Crippen LogP contribution is -2.29. The molecule has 0 spiro atoms. The van der Waals surface area contributed by atoms with Gasteiger partial charge in [-0.1, -0.05) is 12.1 Å². The quantitative estimate of drug-likeness (QED) is 0.871. The van der Waals surface area contributed by atoms with Gasteiger partial charge in [0.2, 0.25) is 0 Å². The monoisotopic (exact) mass is 270 g/mol. The molecule has 0 atom stereocenters. The summed E-state index contributed by atoms with van der Waals surface area (Å²) in [6.07, 6.45) is 4.27. The Bertz CT molecular complexity index is 601. The van der Waals surface area contributed by atoms with Gasteiger partial charge in [-0.05, 0) is 50.0 Å². The predicted octanol–water partition coefficient (Wildman–Crippen LogP) is 2.53. The van der Waals surface area contributed by atoms with Crippen LogP contribution in [0.3, 0.4) is 0 Å². The van der Waals surface area contributed by atoms with Crippen LogP contribution in [0.1, 0.15) is 19.3 Å². The summed E-state index contributed by atoms with van der Waals surface area (Å²) in [5, 5.41) is 4.18. The molecule has 1 fully saturated rings. The van der Waals surface area contributed by atoms with Crippen LogP contribution in [0.2, 0.25) is 0 Å². The molecule has 2 heterocycles. The molecule has 0 unspecified atom stereocenters. The number of esters is 1. The van der Waals surface area contributed by atoms with Crippen molar-refractivity contribution in [3.63, 3.8) is 0 Å². The molecule has 20 heavy (non-hydrogen) atoms. The van der Waals surface area contributed by atoms with E-state index in [9.17, 15) is 4.79 Å². The molecule has 2 aromatic rings. The molecule has 104 valence electrons. The Morgan fingerprint density at radius 3 is 2.90 bits per heavy atom. The number of para-hydroxylation sites is 1. The first kappa shape index (κ1) is 13.1. The molecule has 0 saturated carbocycles. The van der Waals surface area contributed by atoms with Crippen molar-refractivity contribution in [1.29, 1.82) is 0 Å². The summed E-state index contributed by atoms with van der Waals surface area (Å²) in [6, 6.07) is 9.45. The predicted molar refractivity (Wildman–Crippen MR) is 77.6 cm³/mol. The van der Waals surface area contributed by atoms with Crippen molar-refractivity contribution >= 4 is 16.9 Å². The fourth-order valence-electron chi connectivity index (χ4n) is 2.64. The molecule has 1 aromatic heterocycles. The van der Waals surface area contributed by atoms with Crippen molar-refractivity contribution in [3.05, 3.63) is 36.5 Å². The average molecular weight is 270 g/mol. The van der Waals surface area contributed by atoms with Crippen LogP contribution in [0.25, 0.3) is 10.9 Å². The SMILES string of the molecule is O=C(CC1CCNCC1)Oc1ccnc2ccccc12. The van der Waals surface area contributed by atoms with Gasteiger partial charge in [-0.15, -0.1) is 0 Å². The second-order valence-corrected chi connectivity index (χ2v) is 5.20. The molecule has 3 rings (SSSR count). The van der Waals surface area contributed by atoms with Gasteiger partial charge in [0, 0.05) is 18.0 Å². The minimum absolute atomic E-state index is 0.145. The van der Waals surface area contributed by atoms with Crippen molar-refractivity contribution in [2.24, 2.45) is 5.92 Å². The third-order valence-corrected chi connectivity index (χ3v) is 3.75. The molecular formula is C16H18N2O2. The van der Waals surface area contributed by atoms with Gasteiger partial charge < -0.3 is 10.1 Å². The van der Waals surface area contributed by atoms with Crippen LogP contribution in [0, 0.1) is 5.92 Å². The highest BCUT2D eigenvalue weighted by Gasteiger charge is 2.18. The minimum Gasteiger partial charge on any atom is -0.426 e. The first-order valence-electron chi connectivity index (χ1n) is 7.08. The number of nitrogens with one attached hydrogen (secondary N) is 1. The van der Waals surface area contributed by atoms with E-state index in [1.54, 1.807) is 12.3 Å². The lowest BCUT2D eigenvalue weighted by atomic mass is 9.95. The van der Waals surface area contributed by atoms with Gasteiger partial charge in [-0.25, -0.2) is 0 Å². The maximum absolute atomic E-state index is 12.1. The zero-order valence-electron chi connectivity index (χ0n) is 11.3. The number of carbonyl (C=O) groups is 1. The normalized spacial score (nSPS) is 16.2. The van der Waals surface area contributed by atoms with Crippen molar-refractivity contribution in [1.82, 2.24) is 10.3 Å². The van der Waals surface area contributed by atoms with Crippen molar-refractivity contribution < 1.29 is 9.53 Å². The number of aromatic nitrogens is 1. The Kier molecular flexibility index (Phi) is 3.92. The summed E-state index contributed by atoms with van der Waals surface area (Å²) in [4.78, 5) is 16.3. The summed E-state index contributed by atoms with van der Waals surface area (Å²) in [5.41, 5.74) is 0.847. The number of ether oxygens (including phenoxy) is 1. The minimum atomic E-state index is -0.145. The number of benzene rings is 1. The van der Waals surface area contributed by atoms with E-state index in [-0.39, 0.29) is 5.97 Å². The second-order valence-electron chi connectivity index (χ2n) is 5.20. The Labute approximate surface area is 118 Å². The summed E-state index contributed by atoms with van der Waals surface area (Å²) in [6.45, 7) is 1.99. The number of carbonyl (C=O) groups excluding carboxylic acids is 1. The van der Waals surface area contributed by atoms with Crippen LogP contribution < -0.4 is 10.1 Å². The first-order valence-corrected chi connectivity index (χ1v) is 7.08. The van der Waals surface area contributed by atoms with E-state index in [0.29, 0.717) is 18.1 Å². The molecule has 4 heteroatoms. The third-order valence-electron chi connectivity index (χ3n) is 3.75. The molecule has 0 radical (unpaired) electrons. The Hall–Kier alpha value is -1.94. The third kappa shape index (κ3) is 2.96. The summed E-state index contributed by atoms with van der Waals surface area (Å²) >= 11 is 0. The summed E-state index contributed by atoms with van der Waals surface area (Å²) in [7, 11) is 0. The van der Waals surface area contributed by atoms with E-state index in [1.807, 2.05) is 24.3 Å². The highest BCUT2D eigenvalue weighted by molar-refractivity contribution is 5.87. The van der Waals surface area contributed by atoms with Crippen molar-refractivity contribution in [2.45, 2.75) is 19.3 Å². The number of fused-ring (bicyclic) bond motifs is 1. The van der Waals surface area contributed by atoms with Crippen LogP contribution in [-0.2, 0) is 4.79 Å². The van der Waals surface area contributed by atoms with Gasteiger partial charge in [-0.3, -0.25) is 9.78 Å². The van der Waals surface area contributed by atoms with E-state index in [4.69, 9.17) is 4.74 Å². The molecule has 0 amide bonds. The maximum Gasteiger partial charge on any atom is 0.311 e. The molecule has 0 aliphatic carbocycles. The van der Waals surface area contributed by atoms with Gasteiger partial charge in [0.05, 0.1) is 5.52 Å². The van der Waals surface area contributed by atoms with E-state index in [0.717, 1.165) is 36.8 Å². The number of nitrogens with zero attached hydrogens (tertiary/aromatic N) is 1. The molecule has 1 aliphatic rings. The Morgan fingerprint density at radius 2 is 2.05 bits per heavy atom. The molecule has 1 saturated heterocycles. The fourth-order valence-corrected chi connectivity index (χ4v) is 2.64. The summed E-state index contributed by atoms with van der Waals surface area (Å²) in [5.74, 6) is 0.902. The Balaban J connectivity index is 1.71. The fraction of sp³-hybridized carbons (Fsp3) is 0.375. The van der Waals surface area contributed by atoms with Crippen LogP contribution in [0.4, 0.5) is 0 Å². The van der Waals surface area contributed by atoms with Crippen molar-refractivity contribution in [3.8, 4) is 5.75 Å². The molecule has 1 aliphatic heterocycles. The lowest BCUT2D eigenvalue weighted by Gasteiger charge is -2.21. The first-order chi connectivity index (χ1) is 9.83. The average Bonchev–Trinajstić information content (AvgIpc) is 2.48. The maximum atomic E-state index is 12.1. The van der Waals surface area contributed by atoms with E-state index >= 15 is 0 Å². The van der Waals surface area contributed by atoms with Crippen LogP contribution in [0.15, 0.2) is 36.5 Å². The smallest absolute Gasteiger partial charge is 0.311 e. The second kappa shape index (κ2) is 6.01. The number of pyridine rings is 1. The largest absolute Gasteiger partial charge is 0.426 e.